The molecule has 12 heteroatoms. The first-order valence-corrected chi connectivity index (χ1v) is 15.1. The first-order chi connectivity index (χ1) is 19.4. The maximum Gasteiger partial charge on any atom is 0.407 e. The Labute approximate surface area is 238 Å². The van der Waals surface area contributed by atoms with Gasteiger partial charge < -0.3 is 19.3 Å². The van der Waals surface area contributed by atoms with E-state index in [4.69, 9.17) is 27.0 Å². The van der Waals surface area contributed by atoms with Crippen LogP contribution in [-0.4, -0.2) is 48.3 Å². The molecule has 2 saturated carbocycles. The number of rotatable bonds is 5. The molecule has 0 radical (unpaired) electrons. The zero-order valence-corrected chi connectivity index (χ0v) is 23.7. The number of carbonyl (C=O) groups excluding carboxylic acids is 2. The summed E-state index contributed by atoms with van der Waals surface area (Å²) < 4.78 is 57.2. The zero-order valence-electron chi connectivity index (χ0n) is 22.9. The van der Waals surface area contributed by atoms with Crippen LogP contribution in [-0.2, 0) is 24.7 Å². The highest BCUT2D eigenvalue weighted by atomic mass is 32.3. The van der Waals surface area contributed by atoms with Gasteiger partial charge in [-0.1, -0.05) is 18.2 Å². The average molecular weight is 591 g/mol. The lowest BCUT2D eigenvalue weighted by Crippen LogP contribution is -2.48. The van der Waals surface area contributed by atoms with Crippen LogP contribution in [0.4, 0.5) is 9.18 Å². The Bertz CT molecular complexity index is 1360. The predicted octanol–water partition coefficient (Wildman–Crippen LogP) is 4.05. The molecule has 2 aliphatic carbocycles. The van der Waals surface area contributed by atoms with Crippen LogP contribution in [0.2, 0.25) is 0 Å². The van der Waals surface area contributed by atoms with Crippen molar-refractivity contribution in [1.82, 2.24) is 5.32 Å². The Morgan fingerprint density at radius 3 is 2.66 bits per heavy atom. The van der Waals surface area contributed by atoms with E-state index in [-0.39, 0.29) is 47.8 Å². The summed E-state index contributed by atoms with van der Waals surface area (Å²) in [6.45, 7) is 4.16. The lowest BCUT2D eigenvalue weighted by atomic mass is 9.57. The fourth-order valence-corrected chi connectivity index (χ4v) is 6.69. The van der Waals surface area contributed by atoms with E-state index in [1.54, 1.807) is 13.0 Å². The van der Waals surface area contributed by atoms with Crippen molar-refractivity contribution < 1.29 is 46.0 Å². The Balaban J connectivity index is 0.000000714. The molecule has 0 bridgehead atoms. The number of carbonyl (C=O) groups is 2. The fourth-order valence-electron chi connectivity index (χ4n) is 6.69. The quantitative estimate of drug-likeness (QED) is 0.300. The molecule has 7 atom stereocenters. The number of aromatic amines is 1. The van der Waals surface area contributed by atoms with Gasteiger partial charge in [-0.05, 0) is 81.0 Å². The summed E-state index contributed by atoms with van der Waals surface area (Å²) >= 11 is 0. The van der Waals surface area contributed by atoms with Gasteiger partial charge in [0.15, 0.2) is 6.20 Å². The van der Waals surface area contributed by atoms with Crippen LogP contribution in [0.3, 0.4) is 0 Å². The summed E-state index contributed by atoms with van der Waals surface area (Å²) in [4.78, 5) is 28.0. The van der Waals surface area contributed by atoms with Crippen molar-refractivity contribution in [3.05, 3.63) is 60.2 Å². The number of pyridine rings is 1. The van der Waals surface area contributed by atoms with Gasteiger partial charge in [0, 0.05) is 29.7 Å². The molecule has 3 N–H and O–H groups in total. The number of ether oxygens (including phenoxy) is 2. The molecule has 1 aromatic carbocycles. The minimum absolute atomic E-state index is 0.0741. The molecule has 5 rings (SSSR count). The molecular weight excluding hydrogens is 555 g/mol. The van der Waals surface area contributed by atoms with Gasteiger partial charge in [-0.3, -0.25) is 9.35 Å². The van der Waals surface area contributed by atoms with Crippen LogP contribution in [0.1, 0.15) is 45.2 Å². The summed E-state index contributed by atoms with van der Waals surface area (Å²) in [7, 11) is -4.92. The van der Waals surface area contributed by atoms with Gasteiger partial charge in [0.25, 0.3) is 0 Å². The van der Waals surface area contributed by atoms with E-state index in [9.17, 15) is 14.0 Å². The number of nitrogens with one attached hydrogen (secondary N) is 2. The molecule has 2 aromatic rings. The first kappa shape index (κ1) is 30.6. The maximum absolute atomic E-state index is 13.6. The van der Waals surface area contributed by atoms with E-state index in [2.05, 4.69) is 22.5 Å². The summed E-state index contributed by atoms with van der Waals surface area (Å²) in [5, 5.41) is 3.00. The Morgan fingerprint density at radius 2 is 2.00 bits per heavy atom. The van der Waals surface area contributed by atoms with E-state index in [1.165, 1.54) is 12.1 Å². The van der Waals surface area contributed by atoms with Gasteiger partial charge in [-0.15, -0.1) is 0 Å². The predicted molar refractivity (Wildman–Crippen MR) is 145 cm³/mol. The molecule has 2 heterocycles. The first-order valence-electron chi connectivity index (χ1n) is 13.7. The molecule has 0 spiro atoms. The number of esters is 1. The molecule has 41 heavy (non-hydrogen) atoms. The fraction of sp³-hybridized carbons (Fsp3) is 0.483. The van der Waals surface area contributed by atoms with Crippen LogP contribution in [0.25, 0.3) is 17.2 Å². The van der Waals surface area contributed by atoms with Gasteiger partial charge in [-0.25, -0.2) is 22.6 Å². The van der Waals surface area contributed by atoms with Gasteiger partial charge >= 0.3 is 12.1 Å². The Hall–Kier alpha value is -3.35. The van der Waals surface area contributed by atoms with Crippen molar-refractivity contribution in [2.24, 2.45) is 29.6 Å². The summed E-state index contributed by atoms with van der Waals surface area (Å²) in [6.07, 6.45) is 9.33. The minimum Gasteiger partial charge on any atom is -0.726 e. The molecule has 3 fully saturated rings. The third kappa shape index (κ3) is 8.11. The lowest BCUT2D eigenvalue weighted by molar-refractivity contribution is -0.380. The van der Waals surface area contributed by atoms with Crippen LogP contribution in [0.5, 0.6) is 0 Å². The number of amides is 1. The molecular formula is C29H35FN2O8S. The maximum atomic E-state index is 13.6. The number of halogens is 1. The summed E-state index contributed by atoms with van der Waals surface area (Å²) in [6, 6.07) is 10.6. The van der Waals surface area contributed by atoms with Crippen molar-refractivity contribution in [3.63, 3.8) is 0 Å². The third-order valence-electron chi connectivity index (χ3n) is 8.24. The Morgan fingerprint density at radius 1 is 1.24 bits per heavy atom. The highest BCUT2D eigenvalue weighted by molar-refractivity contribution is 7.79. The van der Waals surface area contributed by atoms with E-state index in [1.807, 2.05) is 31.3 Å². The van der Waals surface area contributed by atoms with Gasteiger partial charge in [0.05, 0.1) is 12.5 Å². The second-order valence-corrected chi connectivity index (χ2v) is 11.6. The SMILES string of the molecule is CCOC(=O)N[C@@H]1CC[C@@H]2[C@@H](C1)C[C@H]1C(=O)O[C@H](C)[C@H]1[C@H]2/C=C/c1ccc(-c2cccc(F)c2)c[nH+]1.O=S(=O)([O-])O. The van der Waals surface area contributed by atoms with E-state index >= 15 is 0 Å². The third-order valence-corrected chi connectivity index (χ3v) is 8.24. The van der Waals surface area contributed by atoms with E-state index < -0.39 is 10.4 Å². The van der Waals surface area contributed by atoms with Crippen molar-refractivity contribution in [3.8, 4) is 11.1 Å². The summed E-state index contributed by atoms with van der Waals surface area (Å²) in [5.74, 6) is 0.719. The molecule has 10 nitrogen and oxygen atoms in total. The van der Waals surface area contributed by atoms with Crippen LogP contribution >= 0.6 is 0 Å². The number of alkyl carbamates (subject to hydrolysis) is 1. The van der Waals surface area contributed by atoms with Crippen molar-refractivity contribution in [1.29, 1.82) is 0 Å². The van der Waals surface area contributed by atoms with Gasteiger partial charge in [0.1, 0.15) is 11.9 Å². The lowest BCUT2D eigenvalue weighted by Gasteiger charge is -2.47. The van der Waals surface area contributed by atoms with Crippen molar-refractivity contribution in [2.75, 3.05) is 6.61 Å². The second-order valence-electron chi connectivity index (χ2n) is 10.8. The zero-order chi connectivity index (χ0) is 29.7. The van der Waals surface area contributed by atoms with Gasteiger partial charge in [0.2, 0.25) is 16.1 Å². The second kappa shape index (κ2) is 13.1. The molecule has 1 saturated heterocycles. The number of hydrogen-bond donors (Lipinski definition) is 2. The number of cyclic esters (lactones) is 1. The number of allylic oxidation sites excluding steroid dienone is 1. The monoisotopic (exact) mass is 590 g/mol. The van der Waals surface area contributed by atoms with Crippen molar-refractivity contribution in [2.45, 2.75) is 51.7 Å². The Kier molecular flexibility index (Phi) is 9.77. The molecule has 3 aliphatic rings. The molecule has 1 amide bonds. The number of hydrogen-bond acceptors (Lipinski definition) is 7. The minimum atomic E-state index is -4.92. The van der Waals surface area contributed by atoms with Gasteiger partial charge in [-0.2, -0.15) is 0 Å². The highest BCUT2D eigenvalue weighted by Gasteiger charge is 2.54. The standard InChI is InChI=1S/C29H33FN2O4.H2O4S/c1-3-35-29(34)32-23-10-11-24-20(14-23)15-26-27(17(2)36-28(26)33)25(24)12-9-22-8-7-19(16-31-22)18-5-4-6-21(30)13-18;1-5(2,3)4/h4-9,12-13,16-17,20,23-27H,3,10-11,14-15H2,1-2H3,(H,32,34);(H2,1,2,3,4)/b12-9+;/t17-,20+,23-,24-,25+,26-,27+;/m1./s1. The number of aromatic nitrogens is 1. The van der Waals surface area contributed by atoms with Crippen LogP contribution < -0.4 is 10.3 Å². The molecule has 0 unspecified atom stereocenters. The van der Waals surface area contributed by atoms with Crippen molar-refractivity contribution >= 4 is 28.5 Å². The van der Waals surface area contributed by atoms with Crippen LogP contribution in [0, 0.1) is 35.4 Å². The topological polar surface area (TPSA) is 156 Å². The molecule has 1 aromatic heterocycles. The summed E-state index contributed by atoms with van der Waals surface area (Å²) in [5.41, 5.74) is 2.69. The molecule has 1 aliphatic heterocycles. The highest BCUT2D eigenvalue weighted by Crippen LogP contribution is 2.53. The van der Waals surface area contributed by atoms with Crippen LogP contribution in [0.15, 0.2) is 48.7 Å². The largest absolute Gasteiger partial charge is 0.726 e. The smallest absolute Gasteiger partial charge is 0.407 e. The number of benzene rings is 1. The number of fused-ring (bicyclic) bond motifs is 2. The normalized spacial score (nSPS) is 29.0. The van der Waals surface area contributed by atoms with E-state index in [0.717, 1.165) is 42.5 Å². The van der Waals surface area contributed by atoms with E-state index in [0.29, 0.717) is 18.4 Å². The average Bonchev–Trinajstić information content (AvgIpc) is 3.18. The molecule has 222 valence electrons. The number of H-pyrrole nitrogens is 1.